The van der Waals surface area contributed by atoms with Gasteiger partial charge >= 0.3 is 0 Å². The summed E-state index contributed by atoms with van der Waals surface area (Å²) in [5.74, 6) is 0. The highest BCUT2D eigenvalue weighted by molar-refractivity contribution is 5.33. The van der Waals surface area contributed by atoms with Crippen LogP contribution in [-0.4, -0.2) is 9.78 Å². The van der Waals surface area contributed by atoms with Gasteiger partial charge in [-0.2, -0.15) is 5.10 Å². The van der Waals surface area contributed by atoms with Crippen LogP contribution >= 0.6 is 0 Å². The standard InChI is InChI=1S/C16H20N2/c1-2-5-9-14-13-16(12-6-3-1)18(17-14)15-10-7-4-8-11-15/h4,7-8,10-11,13H,1-3,5-6,9,12H2. The highest BCUT2D eigenvalue weighted by atomic mass is 15.3. The van der Waals surface area contributed by atoms with Crippen molar-refractivity contribution >= 4 is 0 Å². The van der Waals surface area contributed by atoms with Crippen LogP contribution in [-0.2, 0) is 12.8 Å². The molecule has 0 atom stereocenters. The molecule has 1 aliphatic rings. The summed E-state index contributed by atoms with van der Waals surface area (Å²) in [6, 6.07) is 12.8. The third kappa shape index (κ3) is 2.47. The fraction of sp³-hybridized carbons (Fsp3) is 0.438. The van der Waals surface area contributed by atoms with Gasteiger partial charge in [-0.1, -0.05) is 37.5 Å². The SMILES string of the molecule is c1ccc(-n2nc3cc2CCCCCCC3)cc1. The Kier molecular flexibility index (Phi) is 3.44. The highest BCUT2D eigenvalue weighted by Crippen LogP contribution is 2.19. The number of benzene rings is 1. The molecule has 3 rings (SSSR count). The topological polar surface area (TPSA) is 17.8 Å². The van der Waals surface area contributed by atoms with Crippen molar-refractivity contribution in [3.8, 4) is 5.69 Å². The average molecular weight is 240 g/mol. The first kappa shape index (κ1) is 11.5. The predicted octanol–water partition coefficient (Wildman–Crippen LogP) is 3.92. The lowest BCUT2D eigenvalue weighted by molar-refractivity contribution is 0.607. The van der Waals surface area contributed by atoms with Crippen molar-refractivity contribution < 1.29 is 0 Å². The van der Waals surface area contributed by atoms with E-state index in [-0.39, 0.29) is 0 Å². The second kappa shape index (κ2) is 5.38. The number of aromatic nitrogens is 2. The fourth-order valence-corrected chi connectivity index (χ4v) is 2.71. The van der Waals surface area contributed by atoms with Crippen molar-refractivity contribution in [2.24, 2.45) is 0 Å². The van der Waals surface area contributed by atoms with E-state index in [0.717, 1.165) is 12.8 Å². The van der Waals surface area contributed by atoms with Crippen LogP contribution in [0.25, 0.3) is 5.69 Å². The third-order valence-corrected chi connectivity index (χ3v) is 3.70. The summed E-state index contributed by atoms with van der Waals surface area (Å²) in [6.07, 6.45) is 8.95. The molecule has 2 heteroatoms. The van der Waals surface area contributed by atoms with Crippen molar-refractivity contribution in [2.45, 2.75) is 44.9 Å². The highest BCUT2D eigenvalue weighted by Gasteiger charge is 2.10. The summed E-state index contributed by atoms with van der Waals surface area (Å²) in [6.45, 7) is 0. The van der Waals surface area contributed by atoms with Crippen molar-refractivity contribution in [1.29, 1.82) is 0 Å². The van der Waals surface area contributed by atoms with Gasteiger partial charge in [-0.05, 0) is 43.9 Å². The molecule has 0 amide bonds. The number of hydrogen-bond acceptors (Lipinski definition) is 1. The van der Waals surface area contributed by atoms with E-state index < -0.39 is 0 Å². The van der Waals surface area contributed by atoms with Gasteiger partial charge in [0.05, 0.1) is 11.4 Å². The number of para-hydroxylation sites is 1. The first-order chi connectivity index (χ1) is 8.93. The van der Waals surface area contributed by atoms with Gasteiger partial charge in [0.1, 0.15) is 0 Å². The van der Waals surface area contributed by atoms with Crippen LogP contribution in [0.5, 0.6) is 0 Å². The van der Waals surface area contributed by atoms with E-state index in [9.17, 15) is 0 Å². The van der Waals surface area contributed by atoms with Gasteiger partial charge < -0.3 is 0 Å². The minimum atomic E-state index is 1.13. The fourth-order valence-electron chi connectivity index (χ4n) is 2.71. The van der Waals surface area contributed by atoms with E-state index >= 15 is 0 Å². The molecule has 1 aliphatic carbocycles. The number of fused-ring (bicyclic) bond motifs is 2. The van der Waals surface area contributed by atoms with E-state index in [1.807, 2.05) is 0 Å². The molecule has 0 aliphatic heterocycles. The molecule has 0 fully saturated rings. The molecule has 0 spiro atoms. The Balaban J connectivity index is 1.95. The molecule has 18 heavy (non-hydrogen) atoms. The van der Waals surface area contributed by atoms with Crippen LogP contribution in [0.4, 0.5) is 0 Å². The van der Waals surface area contributed by atoms with Crippen LogP contribution in [0.2, 0.25) is 0 Å². The Morgan fingerprint density at radius 3 is 2.39 bits per heavy atom. The zero-order valence-corrected chi connectivity index (χ0v) is 10.8. The minimum absolute atomic E-state index is 1.13. The number of rotatable bonds is 1. The first-order valence-electron chi connectivity index (χ1n) is 7.07. The molecule has 1 heterocycles. The van der Waals surface area contributed by atoms with Gasteiger partial charge in [0.25, 0.3) is 0 Å². The van der Waals surface area contributed by atoms with Crippen LogP contribution < -0.4 is 0 Å². The third-order valence-electron chi connectivity index (χ3n) is 3.70. The maximum Gasteiger partial charge on any atom is 0.0648 e. The molecule has 0 unspecified atom stereocenters. The molecule has 0 N–H and O–H groups in total. The summed E-state index contributed by atoms with van der Waals surface area (Å²) in [5, 5.41) is 4.78. The van der Waals surface area contributed by atoms with Crippen LogP contribution in [0.3, 0.4) is 0 Å². The van der Waals surface area contributed by atoms with Gasteiger partial charge in [0.2, 0.25) is 0 Å². The van der Waals surface area contributed by atoms with Crippen LogP contribution in [0.1, 0.15) is 43.5 Å². The summed E-state index contributed by atoms with van der Waals surface area (Å²) in [4.78, 5) is 0. The van der Waals surface area contributed by atoms with Crippen LogP contribution in [0, 0.1) is 0 Å². The van der Waals surface area contributed by atoms with Gasteiger partial charge in [0.15, 0.2) is 0 Å². The molecule has 0 radical (unpaired) electrons. The van der Waals surface area contributed by atoms with E-state index in [4.69, 9.17) is 5.10 Å². The van der Waals surface area contributed by atoms with E-state index in [1.165, 1.54) is 49.2 Å². The molecule has 0 saturated carbocycles. The van der Waals surface area contributed by atoms with E-state index in [2.05, 4.69) is 41.1 Å². The summed E-state index contributed by atoms with van der Waals surface area (Å²) in [5.41, 5.74) is 3.83. The molecule has 2 aromatic rings. The summed E-state index contributed by atoms with van der Waals surface area (Å²) < 4.78 is 2.14. The normalized spacial score (nSPS) is 16.4. The largest absolute Gasteiger partial charge is 0.238 e. The quantitative estimate of drug-likeness (QED) is 0.738. The lowest BCUT2D eigenvalue weighted by Gasteiger charge is -2.07. The zero-order chi connectivity index (χ0) is 12.2. The lowest BCUT2D eigenvalue weighted by Crippen LogP contribution is -2.02. The van der Waals surface area contributed by atoms with Crippen molar-refractivity contribution in [3.05, 3.63) is 47.8 Å². The average Bonchev–Trinajstić information content (AvgIpc) is 2.81. The molecule has 0 saturated heterocycles. The monoisotopic (exact) mass is 240 g/mol. The molecular formula is C16H20N2. The first-order valence-corrected chi connectivity index (χ1v) is 7.07. The lowest BCUT2D eigenvalue weighted by atomic mass is 10.0. The van der Waals surface area contributed by atoms with Gasteiger partial charge in [-0.15, -0.1) is 0 Å². The molecule has 94 valence electrons. The van der Waals surface area contributed by atoms with E-state index in [0.29, 0.717) is 0 Å². The minimum Gasteiger partial charge on any atom is -0.238 e. The number of aryl methyl sites for hydroxylation is 2. The van der Waals surface area contributed by atoms with Crippen molar-refractivity contribution in [3.63, 3.8) is 0 Å². The van der Waals surface area contributed by atoms with Crippen molar-refractivity contribution in [2.75, 3.05) is 0 Å². The Morgan fingerprint density at radius 1 is 0.833 bits per heavy atom. The maximum atomic E-state index is 4.78. The van der Waals surface area contributed by atoms with Crippen molar-refractivity contribution in [1.82, 2.24) is 9.78 Å². The van der Waals surface area contributed by atoms with E-state index in [1.54, 1.807) is 0 Å². The Hall–Kier alpha value is -1.57. The smallest absolute Gasteiger partial charge is 0.0648 e. The number of hydrogen-bond donors (Lipinski definition) is 0. The van der Waals surface area contributed by atoms with Gasteiger partial charge in [-0.3, -0.25) is 0 Å². The maximum absolute atomic E-state index is 4.78. The summed E-state index contributed by atoms with van der Waals surface area (Å²) >= 11 is 0. The molecular weight excluding hydrogens is 220 g/mol. The van der Waals surface area contributed by atoms with Gasteiger partial charge in [0, 0.05) is 5.69 Å². The second-order valence-electron chi connectivity index (χ2n) is 5.14. The molecule has 2 bridgehead atoms. The number of nitrogens with zero attached hydrogens (tertiary/aromatic N) is 2. The summed E-state index contributed by atoms with van der Waals surface area (Å²) in [7, 11) is 0. The van der Waals surface area contributed by atoms with Crippen LogP contribution in [0.15, 0.2) is 36.4 Å². The Bertz CT molecular complexity index is 499. The molecule has 2 nitrogen and oxygen atoms in total. The zero-order valence-electron chi connectivity index (χ0n) is 10.8. The Labute approximate surface area is 109 Å². The molecule has 1 aromatic carbocycles. The predicted molar refractivity (Wildman–Crippen MR) is 74.1 cm³/mol. The molecule has 1 aromatic heterocycles. The Morgan fingerprint density at radius 2 is 1.56 bits per heavy atom. The van der Waals surface area contributed by atoms with Gasteiger partial charge in [-0.25, -0.2) is 4.68 Å². The second-order valence-corrected chi connectivity index (χ2v) is 5.14.